The van der Waals surface area contributed by atoms with E-state index in [1.165, 1.54) is 25.0 Å². The Morgan fingerprint density at radius 1 is 1.23 bits per heavy atom. The fraction of sp³-hybridized carbons (Fsp3) is 0.222. The van der Waals surface area contributed by atoms with Gasteiger partial charge < -0.3 is 18.6 Å². The molecular formula is C18H17N3O5. The number of rotatable bonds is 6. The first-order valence-electron chi connectivity index (χ1n) is 7.79. The molecule has 0 saturated carbocycles. The summed E-state index contributed by atoms with van der Waals surface area (Å²) in [5.74, 6) is 1.19. The zero-order valence-corrected chi connectivity index (χ0v) is 14.6. The van der Waals surface area contributed by atoms with Crippen LogP contribution in [0.25, 0.3) is 11.5 Å². The van der Waals surface area contributed by atoms with Gasteiger partial charge in [-0.2, -0.15) is 4.98 Å². The molecule has 8 heteroatoms. The van der Waals surface area contributed by atoms with Gasteiger partial charge in [0.1, 0.15) is 17.1 Å². The Labute approximate surface area is 149 Å². The molecule has 0 aliphatic carbocycles. The van der Waals surface area contributed by atoms with Crippen LogP contribution in [0.1, 0.15) is 16.2 Å². The minimum absolute atomic E-state index is 0.119. The Kier molecular flexibility index (Phi) is 4.83. The van der Waals surface area contributed by atoms with Gasteiger partial charge in [0.05, 0.1) is 26.3 Å². The molecule has 1 aromatic carbocycles. The fourth-order valence-corrected chi connectivity index (χ4v) is 2.50. The van der Waals surface area contributed by atoms with Crippen molar-refractivity contribution in [2.24, 2.45) is 0 Å². The molecule has 0 N–H and O–H groups in total. The van der Waals surface area contributed by atoms with Gasteiger partial charge in [0.2, 0.25) is 0 Å². The number of aromatic nitrogens is 3. The molecule has 26 heavy (non-hydrogen) atoms. The zero-order chi connectivity index (χ0) is 18.7. The second kappa shape index (κ2) is 7.22. The van der Waals surface area contributed by atoms with E-state index in [1.54, 1.807) is 37.3 Å². The normalized spacial score (nSPS) is 10.6. The smallest absolute Gasteiger partial charge is 0.263 e. The molecular weight excluding hydrogens is 338 g/mol. The minimum Gasteiger partial charge on any atom is -0.497 e. The van der Waals surface area contributed by atoms with Crippen molar-refractivity contribution in [3.8, 4) is 23.0 Å². The second-order valence-corrected chi connectivity index (χ2v) is 5.49. The number of Topliss-reactive ketones (excluding diaryl/α,β-unsaturated/α-hetero) is 1. The summed E-state index contributed by atoms with van der Waals surface area (Å²) >= 11 is 0. The molecule has 0 aliphatic heterocycles. The summed E-state index contributed by atoms with van der Waals surface area (Å²) in [6.07, 6.45) is 1.53. The maximum absolute atomic E-state index is 12.7. The standard InChI is InChI=1S/C18H17N3O5/c1-11-19-17(26-20-11)13-5-4-8-21(18(13)23)10-15(22)14-9-12(24-2)6-7-16(14)25-3/h4-9H,10H2,1-3H3. The molecule has 0 fully saturated rings. The van der Waals surface area contributed by atoms with Crippen LogP contribution in [0.4, 0.5) is 0 Å². The molecule has 3 rings (SSSR count). The van der Waals surface area contributed by atoms with Crippen molar-refractivity contribution in [2.45, 2.75) is 13.5 Å². The van der Waals surface area contributed by atoms with Crippen molar-refractivity contribution in [1.82, 2.24) is 14.7 Å². The molecule has 0 radical (unpaired) electrons. The second-order valence-electron chi connectivity index (χ2n) is 5.49. The summed E-state index contributed by atoms with van der Waals surface area (Å²) in [4.78, 5) is 29.4. The van der Waals surface area contributed by atoms with E-state index in [-0.39, 0.29) is 23.8 Å². The number of pyridine rings is 1. The van der Waals surface area contributed by atoms with Gasteiger partial charge in [-0.05, 0) is 37.3 Å². The van der Waals surface area contributed by atoms with Crippen LogP contribution in [0.15, 0.2) is 45.8 Å². The van der Waals surface area contributed by atoms with E-state index >= 15 is 0 Å². The lowest BCUT2D eigenvalue weighted by atomic mass is 10.1. The van der Waals surface area contributed by atoms with Crippen LogP contribution in [-0.2, 0) is 6.54 Å². The number of carbonyl (C=O) groups is 1. The number of hydrogen-bond acceptors (Lipinski definition) is 7. The van der Waals surface area contributed by atoms with Gasteiger partial charge in [-0.25, -0.2) is 0 Å². The Morgan fingerprint density at radius 2 is 2.04 bits per heavy atom. The third-order valence-corrected chi connectivity index (χ3v) is 3.80. The van der Waals surface area contributed by atoms with E-state index in [0.717, 1.165) is 0 Å². The van der Waals surface area contributed by atoms with Gasteiger partial charge in [0, 0.05) is 6.20 Å². The molecule has 0 saturated heterocycles. The van der Waals surface area contributed by atoms with Crippen molar-refractivity contribution in [2.75, 3.05) is 14.2 Å². The number of benzene rings is 1. The van der Waals surface area contributed by atoms with E-state index < -0.39 is 5.56 Å². The highest BCUT2D eigenvalue weighted by atomic mass is 16.5. The van der Waals surface area contributed by atoms with E-state index in [9.17, 15) is 9.59 Å². The van der Waals surface area contributed by atoms with Crippen LogP contribution in [0.2, 0.25) is 0 Å². The van der Waals surface area contributed by atoms with Gasteiger partial charge in [0.25, 0.3) is 11.4 Å². The van der Waals surface area contributed by atoms with Crippen LogP contribution in [0.3, 0.4) is 0 Å². The number of ether oxygens (including phenoxy) is 2. The summed E-state index contributed by atoms with van der Waals surface area (Å²) in [5, 5.41) is 3.68. The molecule has 134 valence electrons. The lowest BCUT2D eigenvalue weighted by Crippen LogP contribution is -2.25. The maximum atomic E-state index is 12.7. The Balaban J connectivity index is 1.95. The number of hydrogen-bond donors (Lipinski definition) is 0. The summed E-state index contributed by atoms with van der Waals surface area (Å²) in [6, 6.07) is 8.14. The molecule has 2 aromatic heterocycles. The Morgan fingerprint density at radius 3 is 2.69 bits per heavy atom. The van der Waals surface area contributed by atoms with Gasteiger partial charge >= 0.3 is 0 Å². The number of nitrogens with zero attached hydrogens (tertiary/aromatic N) is 3. The van der Waals surface area contributed by atoms with E-state index in [2.05, 4.69) is 10.1 Å². The zero-order valence-electron chi connectivity index (χ0n) is 14.6. The van der Waals surface area contributed by atoms with Crippen molar-refractivity contribution in [3.05, 3.63) is 58.3 Å². The quantitative estimate of drug-likeness (QED) is 0.625. The first kappa shape index (κ1) is 17.4. The van der Waals surface area contributed by atoms with Crippen LogP contribution in [0, 0.1) is 6.92 Å². The SMILES string of the molecule is COc1ccc(OC)c(C(=O)Cn2cccc(-c3nc(C)no3)c2=O)c1. The first-order valence-corrected chi connectivity index (χ1v) is 7.79. The predicted molar refractivity (Wildman–Crippen MR) is 92.6 cm³/mol. The predicted octanol–water partition coefficient (Wildman–Crippen LogP) is 2.11. The van der Waals surface area contributed by atoms with Crippen LogP contribution >= 0.6 is 0 Å². The molecule has 0 aliphatic rings. The molecule has 0 amide bonds. The lowest BCUT2D eigenvalue weighted by molar-refractivity contribution is 0.0967. The molecule has 0 spiro atoms. The molecule has 0 unspecified atom stereocenters. The van der Waals surface area contributed by atoms with Gasteiger partial charge in [-0.1, -0.05) is 5.16 Å². The van der Waals surface area contributed by atoms with Gasteiger partial charge in [-0.3, -0.25) is 9.59 Å². The van der Waals surface area contributed by atoms with Crippen molar-refractivity contribution in [1.29, 1.82) is 0 Å². The average molecular weight is 355 g/mol. The average Bonchev–Trinajstić information content (AvgIpc) is 3.08. The summed E-state index contributed by atoms with van der Waals surface area (Å²) in [6.45, 7) is 1.50. The molecule has 0 bridgehead atoms. The summed E-state index contributed by atoms with van der Waals surface area (Å²) < 4.78 is 16.7. The highest BCUT2D eigenvalue weighted by Crippen LogP contribution is 2.24. The Bertz CT molecular complexity index is 1010. The monoisotopic (exact) mass is 355 g/mol. The maximum Gasteiger partial charge on any atom is 0.263 e. The topological polar surface area (TPSA) is 96.5 Å². The molecule has 2 heterocycles. The Hall–Kier alpha value is -3.42. The minimum atomic E-state index is -0.397. The van der Waals surface area contributed by atoms with E-state index in [4.69, 9.17) is 14.0 Å². The largest absolute Gasteiger partial charge is 0.497 e. The lowest BCUT2D eigenvalue weighted by Gasteiger charge is -2.11. The van der Waals surface area contributed by atoms with E-state index in [1.807, 2.05) is 0 Å². The number of ketones is 1. The van der Waals surface area contributed by atoms with E-state index in [0.29, 0.717) is 22.9 Å². The molecule has 8 nitrogen and oxygen atoms in total. The van der Waals surface area contributed by atoms with Crippen LogP contribution < -0.4 is 15.0 Å². The number of methoxy groups -OCH3 is 2. The van der Waals surface area contributed by atoms with Crippen molar-refractivity contribution < 1.29 is 18.8 Å². The first-order chi connectivity index (χ1) is 12.5. The van der Waals surface area contributed by atoms with Crippen molar-refractivity contribution >= 4 is 5.78 Å². The highest BCUT2D eigenvalue weighted by molar-refractivity contribution is 5.99. The van der Waals surface area contributed by atoms with Crippen LogP contribution in [0.5, 0.6) is 11.5 Å². The van der Waals surface area contributed by atoms with Crippen LogP contribution in [-0.4, -0.2) is 34.7 Å². The van der Waals surface area contributed by atoms with Gasteiger partial charge in [0.15, 0.2) is 11.6 Å². The third kappa shape index (κ3) is 3.34. The van der Waals surface area contributed by atoms with Gasteiger partial charge in [-0.15, -0.1) is 0 Å². The molecule has 0 atom stereocenters. The number of carbonyl (C=O) groups excluding carboxylic acids is 1. The number of aryl methyl sites for hydroxylation is 1. The summed E-state index contributed by atoms with van der Waals surface area (Å²) in [5.41, 5.74) is 0.169. The highest BCUT2D eigenvalue weighted by Gasteiger charge is 2.17. The fourth-order valence-electron chi connectivity index (χ4n) is 2.50. The third-order valence-electron chi connectivity index (χ3n) is 3.80. The molecule has 3 aromatic rings. The van der Waals surface area contributed by atoms with Crippen molar-refractivity contribution in [3.63, 3.8) is 0 Å². The summed E-state index contributed by atoms with van der Waals surface area (Å²) in [7, 11) is 2.99.